The van der Waals surface area contributed by atoms with Crippen LogP contribution in [0.15, 0.2) is 41.2 Å². The van der Waals surface area contributed by atoms with Crippen LogP contribution in [0.3, 0.4) is 0 Å². The molecule has 0 saturated heterocycles. The lowest BCUT2D eigenvalue weighted by Crippen LogP contribution is -2.22. The molecule has 0 unspecified atom stereocenters. The fourth-order valence-corrected chi connectivity index (χ4v) is 1.60. The first-order valence-corrected chi connectivity index (χ1v) is 5.26. The highest BCUT2D eigenvalue weighted by Crippen LogP contribution is 2.14. The molecule has 0 aliphatic carbocycles. The Morgan fingerprint density at radius 1 is 1.17 bits per heavy atom. The molecular weight excluding hydrogens is 235 g/mol. The van der Waals surface area contributed by atoms with Gasteiger partial charge in [0.05, 0.1) is 5.56 Å². The summed E-state index contributed by atoms with van der Waals surface area (Å²) < 4.78 is 14.0. The molecule has 0 atom stereocenters. The number of hydrogen-bond acceptors (Lipinski definition) is 3. The standard InChI is InChI=1S/C13H11FN2O2/c1-16-11(17)7-6-10(13(16)15)12(18)8-2-4-9(14)5-3-8/h2-7H,15H2,1H3. The summed E-state index contributed by atoms with van der Waals surface area (Å²) in [6, 6.07) is 7.80. The first-order chi connectivity index (χ1) is 8.50. The lowest BCUT2D eigenvalue weighted by molar-refractivity contribution is 0.103. The molecule has 5 heteroatoms. The van der Waals surface area contributed by atoms with Crippen LogP contribution in [0.25, 0.3) is 0 Å². The summed E-state index contributed by atoms with van der Waals surface area (Å²) in [5.41, 5.74) is 5.98. The highest BCUT2D eigenvalue weighted by molar-refractivity contribution is 6.11. The van der Waals surface area contributed by atoms with Crippen LogP contribution in [0.2, 0.25) is 0 Å². The van der Waals surface area contributed by atoms with E-state index in [9.17, 15) is 14.0 Å². The Balaban J connectivity index is 2.50. The molecule has 0 spiro atoms. The van der Waals surface area contributed by atoms with Gasteiger partial charge in [0.15, 0.2) is 5.78 Å². The van der Waals surface area contributed by atoms with Crippen molar-refractivity contribution in [1.29, 1.82) is 0 Å². The predicted molar refractivity (Wildman–Crippen MR) is 65.9 cm³/mol. The molecule has 2 aromatic rings. The van der Waals surface area contributed by atoms with Crippen molar-refractivity contribution < 1.29 is 9.18 Å². The smallest absolute Gasteiger partial charge is 0.251 e. The summed E-state index contributed by atoms with van der Waals surface area (Å²) in [5, 5.41) is 0. The summed E-state index contributed by atoms with van der Waals surface area (Å²) >= 11 is 0. The average Bonchev–Trinajstić information content (AvgIpc) is 2.36. The van der Waals surface area contributed by atoms with Crippen LogP contribution < -0.4 is 11.3 Å². The Morgan fingerprint density at radius 2 is 1.78 bits per heavy atom. The minimum atomic E-state index is -0.417. The number of halogens is 1. The summed E-state index contributed by atoms with van der Waals surface area (Å²) in [7, 11) is 1.49. The molecule has 92 valence electrons. The number of nitrogen functional groups attached to an aromatic ring is 1. The highest BCUT2D eigenvalue weighted by atomic mass is 19.1. The fraction of sp³-hybridized carbons (Fsp3) is 0.0769. The van der Waals surface area contributed by atoms with E-state index >= 15 is 0 Å². The van der Waals surface area contributed by atoms with E-state index < -0.39 is 5.82 Å². The molecule has 0 aliphatic heterocycles. The first-order valence-electron chi connectivity index (χ1n) is 5.26. The Labute approximate surface area is 102 Å². The zero-order chi connectivity index (χ0) is 13.3. The van der Waals surface area contributed by atoms with E-state index in [0.29, 0.717) is 5.56 Å². The maximum Gasteiger partial charge on any atom is 0.251 e. The molecule has 0 aliphatic rings. The third-order valence-corrected chi connectivity index (χ3v) is 2.71. The number of carbonyl (C=O) groups excluding carboxylic acids is 1. The van der Waals surface area contributed by atoms with Crippen LogP contribution in [0.4, 0.5) is 10.2 Å². The van der Waals surface area contributed by atoms with Gasteiger partial charge in [0.25, 0.3) is 5.56 Å². The Kier molecular flexibility index (Phi) is 2.97. The molecule has 1 aromatic heterocycles. The number of ketones is 1. The van der Waals surface area contributed by atoms with Crippen LogP contribution in [0, 0.1) is 5.82 Å². The molecule has 2 rings (SSSR count). The molecule has 0 radical (unpaired) electrons. The van der Waals surface area contributed by atoms with Gasteiger partial charge in [0.1, 0.15) is 11.6 Å². The SMILES string of the molecule is Cn1c(N)c(C(=O)c2ccc(F)cc2)ccc1=O. The van der Waals surface area contributed by atoms with Crippen molar-refractivity contribution in [1.82, 2.24) is 4.57 Å². The predicted octanol–water partition coefficient (Wildman–Crippen LogP) is 1.34. The molecule has 4 nitrogen and oxygen atoms in total. The van der Waals surface area contributed by atoms with Gasteiger partial charge in [0.2, 0.25) is 0 Å². The lowest BCUT2D eigenvalue weighted by Gasteiger charge is -2.08. The topological polar surface area (TPSA) is 65.1 Å². The van der Waals surface area contributed by atoms with Crippen LogP contribution >= 0.6 is 0 Å². The quantitative estimate of drug-likeness (QED) is 0.813. The second kappa shape index (κ2) is 4.44. The van der Waals surface area contributed by atoms with Crippen LogP contribution in [0.5, 0.6) is 0 Å². The number of pyridine rings is 1. The van der Waals surface area contributed by atoms with E-state index in [4.69, 9.17) is 5.73 Å². The number of rotatable bonds is 2. The van der Waals surface area contributed by atoms with Crippen molar-refractivity contribution in [3.63, 3.8) is 0 Å². The van der Waals surface area contributed by atoms with Gasteiger partial charge in [0, 0.05) is 18.7 Å². The molecular formula is C13H11FN2O2. The highest BCUT2D eigenvalue weighted by Gasteiger charge is 2.14. The number of hydrogen-bond donors (Lipinski definition) is 1. The maximum atomic E-state index is 12.8. The van der Waals surface area contributed by atoms with E-state index in [1.807, 2.05) is 0 Å². The van der Waals surface area contributed by atoms with Gasteiger partial charge in [-0.25, -0.2) is 4.39 Å². The van der Waals surface area contributed by atoms with E-state index in [2.05, 4.69) is 0 Å². The number of anilines is 1. The van der Waals surface area contributed by atoms with Crippen LogP contribution in [-0.4, -0.2) is 10.4 Å². The Bertz CT molecular complexity index is 660. The van der Waals surface area contributed by atoms with Gasteiger partial charge in [-0.1, -0.05) is 0 Å². The van der Waals surface area contributed by atoms with E-state index in [1.54, 1.807) is 0 Å². The van der Waals surface area contributed by atoms with Crippen molar-refractivity contribution in [2.75, 3.05) is 5.73 Å². The molecule has 0 bridgehead atoms. The summed E-state index contributed by atoms with van der Waals surface area (Å²) in [4.78, 5) is 23.4. The largest absolute Gasteiger partial charge is 0.384 e. The molecule has 18 heavy (non-hydrogen) atoms. The van der Waals surface area contributed by atoms with Crippen molar-refractivity contribution in [3.8, 4) is 0 Å². The number of benzene rings is 1. The molecule has 2 N–H and O–H groups in total. The van der Waals surface area contributed by atoms with Crippen LogP contribution in [-0.2, 0) is 7.05 Å². The van der Waals surface area contributed by atoms with Gasteiger partial charge in [-0.2, -0.15) is 0 Å². The van der Waals surface area contributed by atoms with Crippen molar-refractivity contribution in [3.05, 3.63) is 63.7 Å². The molecule has 0 amide bonds. The van der Waals surface area contributed by atoms with Crippen molar-refractivity contribution >= 4 is 11.6 Å². The van der Waals surface area contributed by atoms with Gasteiger partial charge in [-0.05, 0) is 30.3 Å². The fourth-order valence-electron chi connectivity index (χ4n) is 1.60. The molecule has 0 fully saturated rings. The Morgan fingerprint density at radius 3 is 2.39 bits per heavy atom. The minimum Gasteiger partial charge on any atom is -0.384 e. The summed E-state index contributed by atoms with van der Waals surface area (Å²) in [6.07, 6.45) is 0. The molecule has 1 heterocycles. The van der Waals surface area contributed by atoms with Crippen LogP contribution in [0.1, 0.15) is 15.9 Å². The molecule has 1 aromatic carbocycles. The van der Waals surface area contributed by atoms with Crippen molar-refractivity contribution in [2.24, 2.45) is 7.05 Å². The summed E-state index contributed by atoms with van der Waals surface area (Å²) in [5.74, 6) is -0.667. The molecule has 0 saturated carbocycles. The third kappa shape index (κ3) is 2.02. The van der Waals surface area contributed by atoms with E-state index in [1.165, 1.54) is 48.0 Å². The first kappa shape index (κ1) is 12.0. The zero-order valence-corrected chi connectivity index (χ0v) is 9.68. The van der Waals surface area contributed by atoms with Gasteiger partial charge in [-0.15, -0.1) is 0 Å². The normalized spacial score (nSPS) is 10.3. The number of carbonyl (C=O) groups is 1. The van der Waals surface area contributed by atoms with Gasteiger partial charge in [-0.3, -0.25) is 14.2 Å². The summed E-state index contributed by atoms with van der Waals surface area (Å²) in [6.45, 7) is 0. The van der Waals surface area contributed by atoms with E-state index in [-0.39, 0.29) is 22.7 Å². The number of aromatic nitrogens is 1. The average molecular weight is 246 g/mol. The minimum absolute atomic E-state index is 0.0943. The zero-order valence-electron chi connectivity index (χ0n) is 9.68. The second-order valence-corrected chi connectivity index (χ2v) is 3.87. The number of nitrogens with zero attached hydrogens (tertiary/aromatic N) is 1. The van der Waals surface area contributed by atoms with Gasteiger partial charge >= 0.3 is 0 Å². The monoisotopic (exact) mass is 246 g/mol. The maximum absolute atomic E-state index is 12.8. The van der Waals surface area contributed by atoms with E-state index in [0.717, 1.165) is 0 Å². The van der Waals surface area contributed by atoms with Crippen molar-refractivity contribution in [2.45, 2.75) is 0 Å². The Hall–Kier alpha value is -2.43. The number of nitrogens with two attached hydrogens (primary N) is 1. The third-order valence-electron chi connectivity index (χ3n) is 2.71. The lowest BCUT2D eigenvalue weighted by atomic mass is 10.0. The van der Waals surface area contributed by atoms with Gasteiger partial charge < -0.3 is 5.73 Å². The second-order valence-electron chi connectivity index (χ2n) is 3.87.